The van der Waals surface area contributed by atoms with Crippen LogP contribution in [0.25, 0.3) is 0 Å². The van der Waals surface area contributed by atoms with Crippen LogP contribution in [0.3, 0.4) is 0 Å². The number of piperidine rings is 1. The molecule has 4 heteroatoms. The normalized spacial score (nSPS) is 27.1. The number of urea groups is 1. The Kier molecular flexibility index (Phi) is 6.74. The summed E-state index contributed by atoms with van der Waals surface area (Å²) in [7, 11) is 0. The highest BCUT2D eigenvalue weighted by Crippen LogP contribution is 2.34. The minimum atomic E-state index is 0.0728. The van der Waals surface area contributed by atoms with Crippen LogP contribution in [-0.2, 0) is 4.74 Å². The van der Waals surface area contributed by atoms with Crippen LogP contribution in [0.1, 0.15) is 63.4 Å². The van der Waals surface area contributed by atoms with Crippen molar-refractivity contribution in [2.24, 2.45) is 0 Å². The van der Waals surface area contributed by atoms with Crippen LogP contribution in [0.5, 0.6) is 0 Å². The van der Waals surface area contributed by atoms with Crippen molar-refractivity contribution in [3.05, 3.63) is 35.9 Å². The summed E-state index contributed by atoms with van der Waals surface area (Å²) in [4.78, 5) is 14.2. The molecule has 138 valence electrons. The Bertz CT molecular complexity index is 526. The number of likely N-dealkylation sites (tertiary alicyclic amines) is 1. The number of benzene rings is 1. The van der Waals surface area contributed by atoms with Crippen molar-refractivity contribution in [1.82, 2.24) is 10.2 Å². The van der Waals surface area contributed by atoms with Gasteiger partial charge in [0.15, 0.2) is 0 Å². The number of amides is 2. The Balaban J connectivity index is 1.45. The molecule has 1 aliphatic heterocycles. The van der Waals surface area contributed by atoms with Crippen molar-refractivity contribution in [3.63, 3.8) is 0 Å². The molecule has 0 aromatic heterocycles. The lowest BCUT2D eigenvalue weighted by Gasteiger charge is -2.37. The van der Waals surface area contributed by atoms with Gasteiger partial charge in [0, 0.05) is 13.1 Å². The molecule has 1 saturated heterocycles. The molecule has 0 spiro atoms. The predicted octanol–water partition coefficient (Wildman–Crippen LogP) is 4.31. The van der Waals surface area contributed by atoms with E-state index in [9.17, 15) is 4.79 Å². The van der Waals surface area contributed by atoms with Crippen molar-refractivity contribution in [2.75, 3.05) is 19.7 Å². The van der Waals surface area contributed by atoms with Crippen LogP contribution in [-0.4, -0.2) is 42.8 Å². The first kappa shape index (κ1) is 18.2. The van der Waals surface area contributed by atoms with Crippen molar-refractivity contribution < 1.29 is 9.53 Å². The second-order valence-corrected chi connectivity index (χ2v) is 7.40. The summed E-state index contributed by atoms with van der Waals surface area (Å²) in [6, 6.07) is 11.2. The zero-order valence-corrected chi connectivity index (χ0v) is 15.5. The fraction of sp³-hybridized carbons (Fsp3) is 0.667. The number of carbonyl (C=O) groups is 1. The van der Waals surface area contributed by atoms with E-state index in [1.165, 1.54) is 24.8 Å². The molecule has 1 aromatic rings. The predicted molar refractivity (Wildman–Crippen MR) is 101 cm³/mol. The molecule has 1 atom stereocenters. The maximum Gasteiger partial charge on any atom is 0.317 e. The second-order valence-electron chi connectivity index (χ2n) is 7.40. The molecule has 0 bridgehead atoms. The highest BCUT2D eigenvalue weighted by molar-refractivity contribution is 5.74. The topological polar surface area (TPSA) is 41.6 Å². The lowest BCUT2D eigenvalue weighted by Crippen LogP contribution is -2.50. The van der Waals surface area contributed by atoms with Gasteiger partial charge >= 0.3 is 6.03 Å². The third-order valence-electron chi connectivity index (χ3n) is 5.69. The first-order chi connectivity index (χ1) is 12.3. The molecule has 2 aliphatic rings. The first-order valence-corrected chi connectivity index (χ1v) is 9.99. The molecule has 1 N–H and O–H groups in total. The van der Waals surface area contributed by atoms with Crippen molar-refractivity contribution >= 4 is 6.03 Å². The smallest absolute Gasteiger partial charge is 0.317 e. The minimum Gasteiger partial charge on any atom is -0.376 e. The number of rotatable bonds is 5. The summed E-state index contributed by atoms with van der Waals surface area (Å²) in [5.41, 5.74) is 1.47. The number of nitrogens with zero attached hydrogens (tertiary/aromatic N) is 1. The van der Waals surface area contributed by atoms with Gasteiger partial charge in [-0.2, -0.15) is 0 Å². The molecule has 1 aliphatic carbocycles. The summed E-state index contributed by atoms with van der Waals surface area (Å²) in [6.07, 6.45) is 8.41. The van der Waals surface area contributed by atoms with Gasteiger partial charge < -0.3 is 15.0 Å². The zero-order chi connectivity index (χ0) is 17.5. The molecule has 1 aromatic carbocycles. The van der Waals surface area contributed by atoms with Crippen LogP contribution < -0.4 is 5.32 Å². The zero-order valence-electron chi connectivity index (χ0n) is 15.5. The van der Waals surface area contributed by atoms with Gasteiger partial charge in [-0.15, -0.1) is 0 Å². The quantitative estimate of drug-likeness (QED) is 0.864. The highest BCUT2D eigenvalue weighted by atomic mass is 16.5. The molecule has 2 fully saturated rings. The van der Waals surface area contributed by atoms with Gasteiger partial charge in [0.25, 0.3) is 0 Å². The molecular formula is C21H32N2O2. The highest BCUT2D eigenvalue weighted by Gasteiger charge is 2.29. The molecule has 2 amide bonds. The molecule has 1 heterocycles. The summed E-state index contributed by atoms with van der Waals surface area (Å²) < 4.78 is 6.24. The Hall–Kier alpha value is -1.55. The lowest BCUT2D eigenvalue weighted by atomic mass is 9.83. The van der Waals surface area contributed by atoms with E-state index in [0.717, 1.165) is 32.2 Å². The molecule has 1 unspecified atom stereocenters. The van der Waals surface area contributed by atoms with Gasteiger partial charge in [-0.25, -0.2) is 4.79 Å². The summed E-state index contributed by atoms with van der Waals surface area (Å²) in [6.45, 7) is 4.21. The fourth-order valence-electron chi connectivity index (χ4n) is 4.23. The number of ether oxygens (including phenoxy) is 1. The van der Waals surface area contributed by atoms with E-state index in [4.69, 9.17) is 4.74 Å². The summed E-state index contributed by atoms with van der Waals surface area (Å²) in [5, 5.41) is 2.94. The van der Waals surface area contributed by atoms with Crippen LogP contribution in [0.15, 0.2) is 30.3 Å². The van der Waals surface area contributed by atoms with E-state index < -0.39 is 0 Å². The van der Waals surface area contributed by atoms with E-state index in [-0.39, 0.29) is 12.1 Å². The first-order valence-electron chi connectivity index (χ1n) is 9.99. The average molecular weight is 344 g/mol. The number of hydrogen-bond donors (Lipinski definition) is 1. The Morgan fingerprint density at radius 2 is 1.88 bits per heavy atom. The van der Waals surface area contributed by atoms with Gasteiger partial charge in [0.2, 0.25) is 0 Å². The monoisotopic (exact) mass is 344 g/mol. The Labute approximate surface area is 151 Å². The van der Waals surface area contributed by atoms with E-state index in [1.807, 2.05) is 11.8 Å². The summed E-state index contributed by atoms with van der Waals surface area (Å²) >= 11 is 0. The van der Waals surface area contributed by atoms with Gasteiger partial charge in [0.05, 0.1) is 18.8 Å². The third-order valence-corrected chi connectivity index (χ3v) is 5.69. The third kappa shape index (κ3) is 4.97. The molecular weight excluding hydrogens is 312 g/mol. The maximum atomic E-state index is 12.2. The number of hydrogen-bond acceptors (Lipinski definition) is 2. The van der Waals surface area contributed by atoms with Crippen molar-refractivity contribution in [1.29, 1.82) is 0 Å². The summed E-state index contributed by atoms with van der Waals surface area (Å²) in [5.74, 6) is 0.683. The SMILES string of the molecule is CCNC(=O)N1CCCCC1CO[C@H]1CC[C@@H](c2ccccc2)CC1. The standard InChI is InChI=1S/C21H32N2O2/c1-2-22-21(24)23-15-7-6-10-19(23)16-25-20-13-11-18(12-14-20)17-8-4-3-5-9-17/h3-5,8-9,18-20H,2,6-7,10-16H2,1H3,(H,22,24)/t18-,19?,20+. The van der Waals surface area contributed by atoms with Crippen LogP contribution in [0.4, 0.5) is 4.79 Å². The van der Waals surface area contributed by atoms with Crippen molar-refractivity contribution in [2.45, 2.75) is 69.9 Å². The van der Waals surface area contributed by atoms with E-state index in [2.05, 4.69) is 35.6 Å². The minimum absolute atomic E-state index is 0.0728. The number of carbonyl (C=O) groups excluding carboxylic acids is 1. The van der Waals surface area contributed by atoms with Gasteiger partial charge in [-0.1, -0.05) is 30.3 Å². The van der Waals surface area contributed by atoms with E-state index in [1.54, 1.807) is 0 Å². The molecule has 1 saturated carbocycles. The largest absolute Gasteiger partial charge is 0.376 e. The Morgan fingerprint density at radius 1 is 1.12 bits per heavy atom. The average Bonchev–Trinajstić information content (AvgIpc) is 2.68. The molecule has 4 nitrogen and oxygen atoms in total. The van der Waals surface area contributed by atoms with Crippen molar-refractivity contribution in [3.8, 4) is 0 Å². The molecule has 3 rings (SSSR count). The second kappa shape index (κ2) is 9.23. The molecule has 25 heavy (non-hydrogen) atoms. The number of nitrogens with one attached hydrogen (secondary N) is 1. The Morgan fingerprint density at radius 3 is 2.60 bits per heavy atom. The van der Waals surface area contributed by atoms with Crippen LogP contribution in [0, 0.1) is 0 Å². The van der Waals surface area contributed by atoms with E-state index >= 15 is 0 Å². The van der Waals surface area contributed by atoms with Gasteiger partial charge in [0.1, 0.15) is 0 Å². The fourth-order valence-corrected chi connectivity index (χ4v) is 4.23. The maximum absolute atomic E-state index is 12.2. The lowest BCUT2D eigenvalue weighted by molar-refractivity contribution is -0.0112. The van der Waals surface area contributed by atoms with E-state index in [0.29, 0.717) is 25.2 Å². The van der Waals surface area contributed by atoms with Gasteiger partial charge in [-0.05, 0) is 63.4 Å². The van der Waals surface area contributed by atoms with Crippen LogP contribution in [0.2, 0.25) is 0 Å². The molecule has 0 radical (unpaired) electrons. The van der Waals surface area contributed by atoms with Crippen LogP contribution >= 0.6 is 0 Å². The van der Waals surface area contributed by atoms with Gasteiger partial charge in [-0.3, -0.25) is 0 Å².